The molecular weight excluding hydrogens is 258 g/mol. The van der Waals surface area contributed by atoms with E-state index < -0.39 is 5.97 Å². The Hall–Kier alpha value is -1.85. The van der Waals surface area contributed by atoms with E-state index >= 15 is 0 Å². The number of aliphatic carboxylic acids is 1. The number of hydrogen-bond donors (Lipinski definition) is 2. The first kappa shape index (κ1) is 16.2. The van der Waals surface area contributed by atoms with E-state index in [-0.39, 0.29) is 17.9 Å². The molecule has 2 atom stereocenters. The smallest absolute Gasteiger partial charge is 0.306 e. The highest BCUT2D eigenvalue weighted by atomic mass is 16.4. The summed E-state index contributed by atoms with van der Waals surface area (Å²) in [6.07, 6.45) is 3.87. The van der Waals surface area contributed by atoms with Crippen LogP contribution < -0.4 is 5.32 Å². The van der Waals surface area contributed by atoms with E-state index in [1.54, 1.807) is 31.8 Å². The van der Waals surface area contributed by atoms with Crippen LogP contribution in [0.15, 0.2) is 6.20 Å². The fraction of sp³-hybridized carbons (Fsp3) is 0.643. The van der Waals surface area contributed by atoms with Crippen molar-refractivity contribution in [1.82, 2.24) is 15.1 Å². The lowest BCUT2D eigenvalue weighted by Crippen LogP contribution is -2.32. The molecule has 0 radical (unpaired) electrons. The van der Waals surface area contributed by atoms with Gasteiger partial charge in [-0.25, -0.2) is 0 Å². The molecule has 0 saturated carbocycles. The van der Waals surface area contributed by atoms with Crippen LogP contribution in [-0.2, 0) is 11.8 Å². The van der Waals surface area contributed by atoms with Gasteiger partial charge >= 0.3 is 5.97 Å². The normalized spacial score (nSPS) is 13.8. The summed E-state index contributed by atoms with van der Waals surface area (Å²) >= 11 is 0. The first-order valence-corrected chi connectivity index (χ1v) is 6.85. The third-order valence-corrected chi connectivity index (χ3v) is 3.33. The van der Waals surface area contributed by atoms with Gasteiger partial charge in [-0.3, -0.25) is 14.3 Å². The number of nitrogens with one attached hydrogen (secondary N) is 1. The van der Waals surface area contributed by atoms with E-state index in [1.807, 2.05) is 6.92 Å². The third-order valence-electron chi connectivity index (χ3n) is 3.33. The van der Waals surface area contributed by atoms with Crippen LogP contribution in [0.3, 0.4) is 0 Å². The van der Waals surface area contributed by atoms with Crippen LogP contribution in [0.1, 0.15) is 49.2 Å². The van der Waals surface area contributed by atoms with E-state index in [1.165, 1.54) is 0 Å². The maximum absolute atomic E-state index is 12.0. The molecule has 6 nitrogen and oxygen atoms in total. The molecule has 112 valence electrons. The standard InChI is InChI=1S/C14H23N3O3/c1-9(14(19)20)6-5-7-10(2)15-13(18)12-8-17(4)16-11(12)3/h8-10H,5-7H2,1-4H3,(H,15,18)(H,19,20). The Labute approximate surface area is 119 Å². The maximum Gasteiger partial charge on any atom is 0.306 e. The molecule has 0 aromatic carbocycles. The van der Waals surface area contributed by atoms with E-state index in [9.17, 15) is 9.59 Å². The SMILES string of the molecule is Cc1nn(C)cc1C(=O)NC(C)CCCC(C)C(=O)O. The molecule has 0 spiro atoms. The van der Waals surface area contributed by atoms with Gasteiger partial charge in [-0.15, -0.1) is 0 Å². The lowest BCUT2D eigenvalue weighted by atomic mass is 10.0. The van der Waals surface area contributed by atoms with Crippen LogP contribution in [0.5, 0.6) is 0 Å². The van der Waals surface area contributed by atoms with Crippen molar-refractivity contribution in [3.63, 3.8) is 0 Å². The second-order valence-electron chi connectivity index (χ2n) is 5.35. The van der Waals surface area contributed by atoms with E-state index in [0.717, 1.165) is 12.8 Å². The lowest BCUT2D eigenvalue weighted by molar-refractivity contribution is -0.141. The molecule has 1 rings (SSSR count). The molecule has 1 aromatic heterocycles. The molecule has 0 aliphatic carbocycles. The molecule has 2 unspecified atom stereocenters. The average Bonchev–Trinajstić information content (AvgIpc) is 2.68. The number of hydrogen-bond acceptors (Lipinski definition) is 3. The van der Waals surface area contributed by atoms with Gasteiger partial charge in [0.25, 0.3) is 5.91 Å². The molecule has 0 aliphatic rings. The summed E-state index contributed by atoms with van der Waals surface area (Å²) in [6, 6.07) is 0.0168. The van der Waals surface area contributed by atoms with Crippen LogP contribution in [0.4, 0.5) is 0 Å². The summed E-state index contributed by atoms with van der Waals surface area (Å²) in [5, 5.41) is 15.8. The monoisotopic (exact) mass is 281 g/mol. The van der Waals surface area contributed by atoms with E-state index in [2.05, 4.69) is 10.4 Å². The van der Waals surface area contributed by atoms with Crippen molar-refractivity contribution in [1.29, 1.82) is 0 Å². The minimum Gasteiger partial charge on any atom is -0.481 e. The van der Waals surface area contributed by atoms with Gasteiger partial charge in [0.1, 0.15) is 0 Å². The Kier molecular flexibility index (Phi) is 5.73. The Morgan fingerprint density at radius 1 is 1.40 bits per heavy atom. The number of nitrogens with zero attached hydrogens (tertiary/aromatic N) is 2. The summed E-state index contributed by atoms with van der Waals surface area (Å²) in [5.74, 6) is -1.24. The molecule has 0 aliphatic heterocycles. The number of carboxylic acid groups (broad SMARTS) is 1. The van der Waals surface area contributed by atoms with Crippen molar-refractivity contribution >= 4 is 11.9 Å². The van der Waals surface area contributed by atoms with Crippen molar-refractivity contribution in [2.45, 2.75) is 46.1 Å². The van der Waals surface area contributed by atoms with Crippen molar-refractivity contribution in [2.24, 2.45) is 13.0 Å². The number of aryl methyl sites for hydroxylation is 2. The number of aromatic nitrogens is 2. The third kappa shape index (κ3) is 4.68. The first-order chi connectivity index (χ1) is 9.31. The minimum absolute atomic E-state index is 0.0168. The highest BCUT2D eigenvalue weighted by Crippen LogP contribution is 2.11. The summed E-state index contributed by atoms with van der Waals surface area (Å²) < 4.78 is 1.61. The fourth-order valence-corrected chi connectivity index (χ4v) is 2.05. The quantitative estimate of drug-likeness (QED) is 0.797. The second-order valence-corrected chi connectivity index (χ2v) is 5.35. The Morgan fingerprint density at radius 2 is 2.05 bits per heavy atom. The Bertz CT molecular complexity index is 482. The number of carboxylic acids is 1. The lowest BCUT2D eigenvalue weighted by Gasteiger charge is -2.14. The van der Waals surface area contributed by atoms with Crippen LogP contribution >= 0.6 is 0 Å². The number of carbonyl (C=O) groups excluding carboxylic acids is 1. The predicted molar refractivity (Wildman–Crippen MR) is 75.5 cm³/mol. The molecule has 20 heavy (non-hydrogen) atoms. The molecule has 1 heterocycles. The Morgan fingerprint density at radius 3 is 2.55 bits per heavy atom. The molecule has 2 N–H and O–H groups in total. The van der Waals surface area contributed by atoms with Crippen LogP contribution in [-0.4, -0.2) is 32.8 Å². The van der Waals surface area contributed by atoms with Crippen molar-refractivity contribution < 1.29 is 14.7 Å². The Balaban J connectivity index is 2.39. The molecule has 6 heteroatoms. The van der Waals surface area contributed by atoms with Gasteiger partial charge in [0.15, 0.2) is 0 Å². The van der Waals surface area contributed by atoms with Crippen molar-refractivity contribution in [3.8, 4) is 0 Å². The van der Waals surface area contributed by atoms with Gasteiger partial charge in [-0.05, 0) is 26.7 Å². The number of rotatable bonds is 7. The van der Waals surface area contributed by atoms with Gasteiger partial charge < -0.3 is 10.4 Å². The molecule has 1 aromatic rings. The number of carbonyl (C=O) groups is 2. The summed E-state index contributed by atoms with van der Waals surface area (Å²) in [7, 11) is 1.78. The van der Waals surface area contributed by atoms with Gasteiger partial charge in [0.2, 0.25) is 0 Å². The molecule has 1 amide bonds. The molecule has 0 fully saturated rings. The topological polar surface area (TPSA) is 84.2 Å². The predicted octanol–water partition coefficient (Wildman–Crippen LogP) is 1.74. The van der Waals surface area contributed by atoms with Gasteiger partial charge in [0, 0.05) is 19.3 Å². The zero-order chi connectivity index (χ0) is 15.3. The maximum atomic E-state index is 12.0. The first-order valence-electron chi connectivity index (χ1n) is 6.85. The largest absolute Gasteiger partial charge is 0.481 e. The van der Waals surface area contributed by atoms with Crippen LogP contribution in [0.2, 0.25) is 0 Å². The number of amides is 1. The zero-order valence-corrected chi connectivity index (χ0v) is 12.5. The van der Waals surface area contributed by atoms with Crippen molar-refractivity contribution in [3.05, 3.63) is 17.5 Å². The highest BCUT2D eigenvalue weighted by Gasteiger charge is 2.15. The molecule has 0 saturated heterocycles. The zero-order valence-electron chi connectivity index (χ0n) is 12.5. The molecule has 0 bridgehead atoms. The van der Waals surface area contributed by atoms with Crippen LogP contribution in [0.25, 0.3) is 0 Å². The van der Waals surface area contributed by atoms with Gasteiger partial charge in [-0.1, -0.05) is 13.3 Å². The van der Waals surface area contributed by atoms with Crippen molar-refractivity contribution in [2.75, 3.05) is 0 Å². The van der Waals surface area contributed by atoms with E-state index in [0.29, 0.717) is 17.7 Å². The summed E-state index contributed by atoms with van der Waals surface area (Å²) in [4.78, 5) is 22.7. The van der Waals surface area contributed by atoms with E-state index in [4.69, 9.17) is 5.11 Å². The average molecular weight is 281 g/mol. The molecular formula is C14H23N3O3. The minimum atomic E-state index is -0.771. The summed E-state index contributed by atoms with van der Waals surface area (Å²) in [5.41, 5.74) is 1.29. The highest BCUT2D eigenvalue weighted by molar-refractivity contribution is 5.95. The van der Waals surface area contributed by atoms with Gasteiger partial charge in [-0.2, -0.15) is 5.10 Å². The fourth-order valence-electron chi connectivity index (χ4n) is 2.05. The second kappa shape index (κ2) is 7.07. The van der Waals surface area contributed by atoms with Crippen LogP contribution in [0, 0.1) is 12.8 Å². The van der Waals surface area contributed by atoms with Gasteiger partial charge in [0.05, 0.1) is 17.2 Å². The summed E-state index contributed by atoms with van der Waals surface area (Å²) in [6.45, 7) is 5.42.